The van der Waals surface area contributed by atoms with Gasteiger partial charge in [0.1, 0.15) is 11.6 Å². The number of aryl methyl sites for hydroxylation is 2. The average Bonchev–Trinajstić information content (AvgIpc) is 3.73. The molecule has 1 unspecified atom stereocenters. The molecule has 39 heavy (non-hydrogen) atoms. The topological polar surface area (TPSA) is 46.7 Å². The van der Waals surface area contributed by atoms with Crippen LogP contribution in [0.25, 0.3) is 0 Å². The van der Waals surface area contributed by atoms with Crippen LogP contribution in [0.1, 0.15) is 68.2 Å². The number of hydrogen-bond donors (Lipinski definition) is 2. The molecule has 1 aromatic heterocycles. The Kier molecular flexibility index (Phi) is 10.6. The quantitative estimate of drug-likeness (QED) is 0.320. The van der Waals surface area contributed by atoms with E-state index >= 15 is 0 Å². The SMILES string of the molecule is C=C(NCc1cnc(N2CCN(CCCN(CCC)Cc3ccc(C)cc3F)C(CC)C2)c(C)c1)NC1CC1. The number of piperazine rings is 1. The summed E-state index contributed by atoms with van der Waals surface area (Å²) in [6, 6.07) is 8.99. The summed E-state index contributed by atoms with van der Waals surface area (Å²) < 4.78 is 14.4. The fourth-order valence-electron chi connectivity index (χ4n) is 5.66. The number of hydrogen-bond acceptors (Lipinski definition) is 6. The average molecular weight is 537 g/mol. The zero-order valence-electron chi connectivity index (χ0n) is 24.6. The van der Waals surface area contributed by atoms with E-state index in [0.717, 1.165) is 87.8 Å². The van der Waals surface area contributed by atoms with Crippen LogP contribution in [0.2, 0.25) is 0 Å². The Labute approximate surface area is 235 Å². The van der Waals surface area contributed by atoms with Crippen molar-refractivity contribution in [2.24, 2.45) is 0 Å². The maximum atomic E-state index is 14.4. The molecule has 2 aromatic rings. The molecule has 6 nitrogen and oxygen atoms in total. The first kappa shape index (κ1) is 29.3. The Balaban J connectivity index is 1.26. The number of pyridine rings is 1. The second-order valence-corrected chi connectivity index (χ2v) is 11.5. The number of nitrogens with one attached hydrogen (secondary N) is 2. The van der Waals surface area contributed by atoms with Crippen LogP contribution in [-0.4, -0.2) is 66.1 Å². The molecule has 0 amide bonds. The van der Waals surface area contributed by atoms with Crippen LogP contribution in [0.4, 0.5) is 10.2 Å². The van der Waals surface area contributed by atoms with Gasteiger partial charge in [-0.15, -0.1) is 0 Å². The Morgan fingerprint density at radius 2 is 1.97 bits per heavy atom. The predicted octanol–water partition coefficient (Wildman–Crippen LogP) is 5.35. The fraction of sp³-hybridized carbons (Fsp3) is 0.594. The normalized spacial score (nSPS) is 18.0. The molecule has 1 aliphatic heterocycles. The van der Waals surface area contributed by atoms with Gasteiger partial charge in [-0.3, -0.25) is 9.80 Å². The summed E-state index contributed by atoms with van der Waals surface area (Å²) in [7, 11) is 0. The lowest BCUT2D eigenvalue weighted by molar-refractivity contribution is 0.156. The van der Waals surface area contributed by atoms with E-state index in [2.05, 4.69) is 58.7 Å². The zero-order chi connectivity index (χ0) is 27.8. The lowest BCUT2D eigenvalue weighted by Crippen LogP contribution is -2.53. The van der Waals surface area contributed by atoms with Crippen molar-refractivity contribution in [1.82, 2.24) is 25.4 Å². The van der Waals surface area contributed by atoms with Crippen LogP contribution < -0.4 is 15.5 Å². The lowest BCUT2D eigenvalue weighted by Gasteiger charge is -2.42. The molecule has 0 bridgehead atoms. The van der Waals surface area contributed by atoms with Gasteiger partial charge in [0, 0.05) is 56.6 Å². The number of nitrogens with zero attached hydrogens (tertiary/aromatic N) is 4. The number of benzene rings is 1. The van der Waals surface area contributed by atoms with Crippen LogP contribution in [0.5, 0.6) is 0 Å². The largest absolute Gasteiger partial charge is 0.370 e. The zero-order valence-corrected chi connectivity index (χ0v) is 24.6. The van der Waals surface area contributed by atoms with Gasteiger partial charge in [0.2, 0.25) is 0 Å². The molecule has 1 aromatic carbocycles. The maximum Gasteiger partial charge on any atom is 0.131 e. The van der Waals surface area contributed by atoms with E-state index < -0.39 is 0 Å². The summed E-state index contributed by atoms with van der Waals surface area (Å²) in [5, 5.41) is 6.79. The molecule has 2 N–H and O–H groups in total. The number of anilines is 1. The monoisotopic (exact) mass is 536 g/mol. The first-order valence-electron chi connectivity index (χ1n) is 15.0. The van der Waals surface area contributed by atoms with Crippen molar-refractivity contribution in [3.05, 3.63) is 70.9 Å². The van der Waals surface area contributed by atoms with Gasteiger partial charge in [-0.2, -0.15) is 0 Å². The van der Waals surface area contributed by atoms with Gasteiger partial charge in [-0.05, 0) is 94.4 Å². The Morgan fingerprint density at radius 1 is 1.15 bits per heavy atom. The Bertz CT molecular complexity index is 1080. The second kappa shape index (κ2) is 14.1. The minimum atomic E-state index is -0.0810. The van der Waals surface area contributed by atoms with Crippen LogP contribution in [0.15, 0.2) is 42.9 Å². The first-order chi connectivity index (χ1) is 18.9. The van der Waals surface area contributed by atoms with Crippen molar-refractivity contribution in [1.29, 1.82) is 0 Å². The summed E-state index contributed by atoms with van der Waals surface area (Å²) in [5.41, 5.74) is 4.20. The van der Waals surface area contributed by atoms with Crippen molar-refractivity contribution < 1.29 is 4.39 Å². The number of rotatable bonds is 15. The molecule has 1 saturated heterocycles. The molecular formula is C32H49FN6. The van der Waals surface area contributed by atoms with Crippen LogP contribution >= 0.6 is 0 Å². The molecule has 2 aliphatic rings. The summed E-state index contributed by atoms with van der Waals surface area (Å²) in [6.07, 6.45) is 7.80. The molecular weight excluding hydrogens is 487 g/mol. The highest BCUT2D eigenvalue weighted by molar-refractivity contribution is 5.48. The third-order valence-corrected chi connectivity index (χ3v) is 8.01. The predicted molar refractivity (Wildman–Crippen MR) is 160 cm³/mol. The molecule has 2 fully saturated rings. The molecule has 0 spiro atoms. The fourth-order valence-corrected chi connectivity index (χ4v) is 5.66. The highest BCUT2D eigenvalue weighted by atomic mass is 19.1. The summed E-state index contributed by atoms with van der Waals surface area (Å²) in [4.78, 5) is 12.4. The molecule has 2 heterocycles. The van der Waals surface area contributed by atoms with Crippen molar-refractivity contribution >= 4 is 5.82 Å². The first-order valence-corrected chi connectivity index (χ1v) is 15.0. The highest BCUT2D eigenvalue weighted by Gasteiger charge is 2.27. The van der Waals surface area contributed by atoms with Gasteiger partial charge in [0.05, 0.1) is 5.82 Å². The van der Waals surface area contributed by atoms with E-state index in [4.69, 9.17) is 4.98 Å². The van der Waals surface area contributed by atoms with Crippen LogP contribution in [0, 0.1) is 19.7 Å². The molecule has 4 rings (SSSR count). The van der Waals surface area contributed by atoms with E-state index in [0.29, 0.717) is 18.6 Å². The minimum absolute atomic E-state index is 0.0810. The second-order valence-electron chi connectivity index (χ2n) is 11.5. The van der Waals surface area contributed by atoms with Gasteiger partial charge in [-0.25, -0.2) is 9.37 Å². The van der Waals surface area contributed by atoms with Gasteiger partial charge < -0.3 is 15.5 Å². The van der Waals surface area contributed by atoms with E-state index in [-0.39, 0.29) is 5.82 Å². The summed E-state index contributed by atoms with van der Waals surface area (Å²) in [5.74, 6) is 1.94. The van der Waals surface area contributed by atoms with Gasteiger partial charge >= 0.3 is 0 Å². The Morgan fingerprint density at radius 3 is 2.67 bits per heavy atom. The van der Waals surface area contributed by atoms with Crippen molar-refractivity contribution in [2.45, 2.75) is 85.0 Å². The minimum Gasteiger partial charge on any atom is -0.370 e. The molecule has 0 radical (unpaired) electrons. The smallest absolute Gasteiger partial charge is 0.131 e. The van der Waals surface area contributed by atoms with Gasteiger partial charge in [-0.1, -0.05) is 32.6 Å². The maximum absolute atomic E-state index is 14.4. The third kappa shape index (κ3) is 8.67. The number of aromatic nitrogens is 1. The van der Waals surface area contributed by atoms with Crippen molar-refractivity contribution in [2.75, 3.05) is 44.2 Å². The van der Waals surface area contributed by atoms with Crippen molar-refractivity contribution in [3.63, 3.8) is 0 Å². The highest BCUT2D eigenvalue weighted by Crippen LogP contribution is 2.24. The van der Waals surface area contributed by atoms with Gasteiger partial charge in [0.25, 0.3) is 0 Å². The lowest BCUT2D eigenvalue weighted by atomic mass is 10.1. The molecule has 1 atom stereocenters. The van der Waals surface area contributed by atoms with E-state index in [9.17, 15) is 4.39 Å². The Hall–Kier alpha value is -2.64. The molecule has 7 heteroatoms. The van der Waals surface area contributed by atoms with E-state index in [1.807, 2.05) is 25.3 Å². The molecule has 1 saturated carbocycles. The standard InChI is InChI=1S/C32H49FN6/c1-6-13-37(22-28-10-9-24(3)18-31(28)33)14-8-15-38-16-17-39(23-30(38)7-2)32-25(4)19-27(21-35-32)20-34-26(5)36-29-11-12-29/h9-10,18-19,21,29-30,34,36H,5-8,11-17,20,22-23H2,1-4H3. The molecule has 214 valence electrons. The summed E-state index contributed by atoms with van der Waals surface area (Å²) >= 11 is 0. The van der Waals surface area contributed by atoms with E-state index in [1.165, 1.54) is 24.0 Å². The van der Waals surface area contributed by atoms with Crippen LogP contribution in [-0.2, 0) is 13.1 Å². The van der Waals surface area contributed by atoms with Crippen molar-refractivity contribution in [3.8, 4) is 0 Å². The molecule has 1 aliphatic carbocycles. The van der Waals surface area contributed by atoms with E-state index in [1.54, 1.807) is 6.07 Å². The third-order valence-electron chi connectivity index (χ3n) is 8.01. The summed E-state index contributed by atoms with van der Waals surface area (Å²) in [6.45, 7) is 20.3. The van der Waals surface area contributed by atoms with Gasteiger partial charge in [0.15, 0.2) is 0 Å². The number of halogens is 1. The van der Waals surface area contributed by atoms with Crippen LogP contribution in [0.3, 0.4) is 0 Å².